The van der Waals surface area contributed by atoms with Crippen LogP contribution in [0.5, 0.6) is 0 Å². The normalized spacial score (nSPS) is 22.7. The number of nitrogens with zero attached hydrogens (tertiary/aromatic N) is 2. The zero-order valence-corrected chi connectivity index (χ0v) is 13.2. The van der Waals surface area contributed by atoms with Crippen molar-refractivity contribution < 1.29 is 17.9 Å². The number of amides is 1. The number of ether oxygens (including phenoxy) is 1. The highest BCUT2D eigenvalue weighted by Gasteiger charge is 2.38. The quantitative estimate of drug-likeness (QED) is 0.873. The number of fused-ring (bicyclic) bond motifs is 1. The van der Waals surface area contributed by atoms with E-state index in [1.165, 1.54) is 11.4 Å². The molecule has 1 aromatic rings. The predicted molar refractivity (Wildman–Crippen MR) is 83.1 cm³/mol. The van der Waals surface area contributed by atoms with Crippen molar-refractivity contribution in [3.63, 3.8) is 0 Å². The second kappa shape index (κ2) is 5.77. The predicted octanol–water partition coefficient (Wildman–Crippen LogP) is 0.483. The molecular weight excluding hydrogens is 306 g/mol. The van der Waals surface area contributed by atoms with E-state index < -0.39 is 10.2 Å². The van der Waals surface area contributed by atoms with E-state index in [0.717, 1.165) is 23.8 Å². The Morgan fingerprint density at radius 3 is 2.77 bits per heavy atom. The molecule has 1 fully saturated rings. The molecule has 0 aliphatic carbocycles. The molecule has 1 N–H and O–H groups in total. The summed E-state index contributed by atoms with van der Waals surface area (Å²) in [6.45, 7) is 0.916. The Kier molecular flexibility index (Phi) is 3.96. The fourth-order valence-electron chi connectivity index (χ4n) is 2.72. The van der Waals surface area contributed by atoms with Gasteiger partial charge >= 0.3 is 10.2 Å². The second-order valence-electron chi connectivity index (χ2n) is 5.41. The molecule has 0 bridgehead atoms. The lowest BCUT2D eigenvalue weighted by Crippen LogP contribution is -2.44. The van der Waals surface area contributed by atoms with Crippen LogP contribution in [-0.2, 0) is 19.7 Å². The highest BCUT2D eigenvalue weighted by molar-refractivity contribution is 7.94. The van der Waals surface area contributed by atoms with Crippen molar-refractivity contribution in [2.24, 2.45) is 0 Å². The molecular formula is C14H19N3O4S. The first-order valence-corrected chi connectivity index (χ1v) is 8.64. The van der Waals surface area contributed by atoms with Gasteiger partial charge in [0, 0.05) is 20.2 Å². The summed E-state index contributed by atoms with van der Waals surface area (Å²) in [7, 11) is -2.20. The Morgan fingerprint density at radius 2 is 2.09 bits per heavy atom. The molecule has 0 spiro atoms. The lowest BCUT2D eigenvalue weighted by atomic mass is 10.2. The first-order chi connectivity index (χ1) is 10.5. The summed E-state index contributed by atoms with van der Waals surface area (Å²) in [4.78, 5) is 12.1. The van der Waals surface area contributed by atoms with E-state index in [0.29, 0.717) is 17.9 Å². The van der Waals surface area contributed by atoms with Crippen LogP contribution >= 0.6 is 0 Å². The average Bonchev–Trinajstić information content (AvgIpc) is 3.08. The SMILES string of the molecule is CN1c2ccccc2N(CC(=O)NC[C@@H]2CCCO2)S1(=O)=O. The van der Waals surface area contributed by atoms with Crippen LogP contribution in [0.25, 0.3) is 0 Å². The van der Waals surface area contributed by atoms with E-state index in [9.17, 15) is 13.2 Å². The molecule has 0 unspecified atom stereocenters. The van der Waals surface area contributed by atoms with Crippen LogP contribution in [0.15, 0.2) is 24.3 Å². The van der Waals surface area contributed by atoms with Gasteiger partial charge in [0.15, 0.2) is 0 Å². The minimum absolute atomic E-state index is 0.0362. The monoisotopic (exact) mass is 325 g/mol. The zero-order valence-electron chi connectivity index (χ0n) is 12.4. The molecule has 1 amide bonds. The largest absolute Gasteiger partial charge is 0.376 e. The van der Waals surface area contributed by atoms with Crippen LogP contribution in [0, 0.1) is 0 Å². The third-order valence-electron chi connectivity index (χ3n) is 3.95. The maximum atomic E-state index is 12.4. The third-order valence-corrected chi connectivity index (χ3v) is 5.72. The van der Waals surface area contributed by atoms with Gasteiger partial charge in [0.2, 0.25) is 5.91 Å². The first-order valence-electron chi connectivity index (χ1n) is 7.24. The van der Waals surface area contributed by atoms with Gasteiger partial charge in [-0.15, -0.1) is 0 Å². The molecule has 2 heterocycles. The zero-order chi connectivity index (χ0) is 15.7. The van der Waals surface area contributed by atoms with E-state index in [4.69, 9.17) is 4.74 Å². The number of anilines is 2. The number of hydrogen-bond donors (Lipinski definition) is 1. The number of benzene rings is 1. The van der Waals surface area contributed by atoms with Crippen molar-refractivity contribution in [3.8, 4) is 0 Å². The maximum absolute atomic E-state index is 12.4. The van der Waals surface area contributed by atoms with Crippen molar-refractivity contribution in [2.75, 3.05) is 35.4 Å². The summed E-state index contributed by atoms with van der Waals surface area (Å²) >= 11 is 0. The topological polar surface area (TPSA) is 79.0 Å². The van der Waals surface area contributed by atoms with Crippen LogP contribution in [0.2, 0.25) is 0 Å². The summed E-state index contributed by atoms with van der Waals surface area (Å²) in [6, 6.07) is 6.94. The van der Waals surface area contributed by atoms with Gasteiger partial charge in [0.25, 0.3) is 0 Å². The molecule has 1 atom stereocenters. The minimum Gasteiger partial charge on any atom is -0.376 e. The third kappa shape index (κ3) is 2.64. The van der Waals surface area contributed by atoms with Gasteiger partial charge in [-0.3, -0.25) is 9.10 Å². The number of hydrogen-bond acceptors (Lipinski definition) is 4. The van der Waals surface area contributed by atoms with E-state index in [-0.39, 0.29) is 18.6 Å². The Bertz CT molecular complexity index is 670. The Hall–Kier alpha value is -1.80. The number of carbonyl (C=O) groups is 1. The fraction of sp³-hybridized carbons (Fsp3) is 0.500. The van der Waals surface area contributed by atoms with Gasteiger partial charge < -0.3 is 10.1 Å². The van der Waals surface area contributed by atoms with Crippen LogP contribution in [-0.4, -0.2) is 47.2 Å². The molecule has 1 saturated heterocycles. The first kappa shape index (κ1) is 15.1. The number of carbonyl (C=O) groups excluding carboxylic acids is 1. The van der Waals surface area contributed by atoms with Crippen LogP contribution < -0.4 is 13.9 Å². The molecule has 0 radical (unpaired) electrons. The molecule has 1 aromatic carbocycles. The van der Waals surface area contributed by atoms with Gasteiger partial charge in [0.1, 0.15) is 6.54 Å². The fourth-order valence-corrected chi connectivity index (χ4v) is 4.11. The van der Waals surface area contributed by atoms with Crippen LogP contribution in [0.1, 0.15) is 12.8 Å². The van der Waals surface area contributed by atoms with Crippen LogP contribution in [0.4, 0.5) is 11.4 Å². The van der Waals surface area contributed by atoms with Crippen LogP contribution in [0.3, 0.4) is 0 Å². The lowest BCUT2D eigenvalue weighted by molar-refractivity contribution is -0.120. The molecule has 22 heavy (non-hydrogen) atoms. The second-order valence-corrected chi connectivity index (χ2v) is 7.29. The standard InChI is InChI=1S/C14H19N3O4S/c1-16-12-6-2-3-7-13(12)17(22(16,19)20)10-14(18)15-9-11-5-4-8-21-11/h2-3,6-7,11H,4-5,8-10H2,1H3,(H,15,18)/t11-/m0/s1. The molecule has 0 saturated carbocycles. The van der Waals surface area contributed by atoms with Gasteiger partial charge in [-0.05, 0) is 25.0 Å². The minimum atomic E-state index is -3.68. The Balaban J connectivity index is 1.69. The molecule has 8 heteroatoms. The van der Waals surface area contributed by atoms with E-state index in [1.807, 2.05) is 0 Å². The summed E-state index contributed by atoms with van der Waals surface area (Å²) in [5.41, 5.74) is 1.10. The molecule has 0 aromatic heterocycles. The van der Waals surface area contributed by atoms with Crippen molar-refractivity contribution in [1.82, 2.24) is 5.32 Å². The van der Waals surface area contributed by atoms with Gasteiger partial charge in [0.05, 0.1) is 17.5 Å². The smallest absolute Gasteiger partial charge is 0.326 e. The Labute approximate surface area is 130 Å². The van der Waals surface area contributed by atoms with Gasteiger partial charge in [-0.2, -0.15) is 8.42 Å². The summed E-state index contributed by atoms with van der Waals surface area (Å²) in [5.74, 6) is -0.329. The van der Waals surface area contributed by atoms with E-state index in [1.54, 1.807) is 24.3 Å². The highest BCUT2D eigenvalue weighted by Crippen LogP contribution is 2.39. The van der Waals surface area contributed by atoms with Crippen molar-refractivity contribution >= 4 is 27.5 Å². The summed E-state index contributed by atoms with van der Waals surface area (Å²) < 4.78 is 32.5. The van der Waals surface area contributed by atoms with Crippen molar-refractivity contribution in [3.05, 3.63) is 24.3 Å². The molecule has 7 nitrogen and oxygen atoms in total. The van der Waals surface area contributed by atoms with Crippen molar-refractivity contribution in [1.29, 1.82) is 0 Å². The summed E-state index contributed by atoms with van der Waals surface area (Å²) in [6.07, 6.45) is 1.96. The van der Waals surface area contributed by atoms with Gasteiger partial charge in [-0.25, -0.2) is 4.31 Å². The number of rotatable bonds is 4. The van der Waals surface area contributed by atoms with Gasteiger partial charge in [-0.1, -0.05) is 12.1 Å². The molecule has 2 aliphatic rings. The highest BCUT2D eigenvalue weighted by atomic mass is 32.2. The average molecular weight is 325 g/mol. The molecule has 2 aliphatic heterocycles. The maximum Gasteiger partial charge on any atom is 0.326 e. The number of nitrogens with one attached hydrogen (secondary N) is 1. The molecule has 120 valence electrons. The molecule has 3 rings (SSSR count). The van der Waals surface area contributed by atoms with Crippen molar-refractivity contribution in [2.45, 2.75) is 18.9 Å². The van der Waals surface area contributed by atoms with E-state index >= 15 is 0 Å². The Morgan fingerprint density at radius 1 is 1.36 bits per heavy atom. The lowest BCUT2D eigenvalue weighted by Gasteiger charge is -2.19. The summed E-state index contributed by atoms with van der Waals surface area (Å²) in [5, 5.41) is 2.75. The number of para-hydroxylation sites is 2. The van der Waals surface area contributed by atoms with E-state index in [2.05, 4.69) is 5.32 Å².